The Kier molecular flexibility index (Phi) is 28.6. The lowest BCUT2D eigenvalue weighted by atomic mass is 10.0. The minimum absolute atomic E-state index is 0.210. The molecule has 0 spiro atoms. The third-order valence-corrected chi connectivity index (χ3v) is 20.9. The SMILES string of the molecule is COC1=CC(c2cc(OC)c(OC)c(OC)c2)=N/C1=C\c1[nH]c(C)cc1C.COC1=CC(c2ccc(Br)cc2)=N/C1=C\c1[nH]c(C)cc1C.COC1=CC(c2ccc(OC)c(F)c2)=N/C1=C\c1[nH]c(C)cc1C.COC1=CC(c2ccc3cc(OC)ccc3c2)=N/C1=C\c1[nH]c(C)cc1C.COC1=CC(c2cccnc2OC)=N/C1=C\c1[nH]c(C)cc1C. The molecule has 632 valence electrons. The number of aryl methyl sites for hydroxylation is 10. The minimum Gasteiger partial charge on any atom is -0.497 e. The van der Waals surface area contributed by atoms with Gasteiger partial charge in [-0.2, -0.15) is 0 Å². The molecular formula is C99H101BrFN11O11. The number of aromatic nitrogens is 6. The van der Waals surface area contributed by atoms with Gasteiger partial charge in [-0.3, -0.25) is 0 Å². The van der Waals surface area contributed by atoms with E-state index in [1.54, 1.807) is 95.5 Å². The highest BCUT2D eigenvalue weighted by atomic mass is 79.9. The number of pyridine rings is 1. The predicted octanol–water partition coefficient (Wildman–Crippen LogP) is 21.5. The van der Waals surface area contributed by atoms with Gasteiger partial charge < -0.3 is 77.0 Å². The number of aliphatic imine (C=N–C) groups is 5. The highest BCUT2D eigenvalue weighted by Crippen LogP contribution is 2.41. The summed E-state index contributed by atoms with van der Waals surface area (Å²) in [5.41, 5.74) is 29.0. The third-order valence-electron chi connectivity index (χ3n) is 20.4. The molecule has 0 fully saturated rings. The van der Waals surface area contributed by atoms with Crippen LogP contribution in [0.5, 0.6) is 34.6 Å². The average Bonchev–Trinajstić information content (AvgIpc) is 1.78. The van der Waals surface area contributed by atoms with E-state index in [2.05, 4.69) is 145 Å². The van der Waals surface area contributed by atoms with E-state index in [0.717, 1.165) is 174 Å². The molecule has 0 bridgehead atoms. The summed E-state index contributed by atoms with van der Waals surface area (Å²) in [6, 6.07) is 43.3. The summed E-state index contributed by atoms with van der Waals surface area (Å²) in [5.74, 6) is 6.52. The molecule has 5 aliphatic rings. The van der Waals surface area contributed by atoms with E-state index in [1.807, 2.05) is 150 Å². The number of benzene rings is 5. The van der Waals surface area contributed by atoms with Gasteiger partial charge in [-0.15, -0.1) is 0 Å². The predicted molar refractivity (Wildman–Crippen MR) is 494 cm³/mol. The van der Waals surface area contributed by atoms with Gasteiger partial charge in [-0.25, -0.2) is 34.3 Å². The van der Waals surface area contributed by atoms with Crippen molar-refractivity contribution in [2.75, 3.05) is 78.2 Å². The van der Waals surface area contributed by atoms with Crippen molar-refractivity contribution in [3.05, 3.63) is 350 Å². The lowest BCUT2D eigenvalue weighted by molar-refractivity contribution is 0.303. The van der Waals surface area contributed by atoms with Crippen LogP contribution in [0.15, 0.2) is 257 Å². The topological polar surface area (TPSA) is 255 Å². The molecule has 0 aliphatic carbocycles. The zero-order chi connectivity index (χ0) is 87.9. The number of aromatic amines is 5. The number of H-pyrrole nitrogens is 5. The van der Waals surface area contributed by atoms with Gasteiger partial charge in [-0.05, 0) is 241 Å². The number of halogens is 2. The first kappa shape index (κ1) is 88.2. The normalized spacial score (nSPS) is 15.4. The molecule has 24 heteroatoms. The number of rotatable bonds is 21. The van der Waals surface area contributed by atoms with Gasteiger partial charge in [0.25, 0.3) is 0 Å². The van der Waals surface area contributed by atoms with Crippen molar-refractivity contribution in [3.8, 4) is 34.6 Å². The Labute approximate surface area is 725 Å². The van der Waals surface area contributed by atoms with Crippen LogP contribution in [0.1, 0.15) is 113 Å². The van der Waals surface area contributed by atoms with E-state index in [0.29, 0.717) is 51.6 Å². The molecule has 11 heterocycles. The largest absolute Gasteiger partial charge is 0.497 e. The lowest BCUT2D eigenvalue weighted by Gasteiger charge is -2.13. The highest BCUT2D eigenvalue weighted by Gasteiger charge is 2.26. The molecule has 16 rings (SSSR count). The summed E-state index contributed by atoms with van der Waals surface area (Å²) >= 11 is 3.45. The van der Waals surface area contributed by atoms with Crippen LogP contribution in [0.4, 0.5) is 4.39 Å². The fourth-order valence-electron chi connectivity index (χ4n) is 14.3. The van der Waals surface area contributed by atoms with E-state index in [4.69, 9.17) is 67.1 Å². The maximum atomic E-state index is 13.9. The van der Waals surface area contributed by atoms with Gasteiger partial charge in [0.1, 0.15) is 63.0 Å². The zero-order valence-electron chi connectivity index (χ0n) is 73.0. The van der Waals surface area contributed by atoms with Crippen LogP contribution in [0, 0.1) is 75.1 Å². The molecule has 5 N–H and O–H groups in total. The minimum atomic E-state index is -0.418. The van der Waals surface area contributed by atoms with Crippen LogP contribution >= 0.6 is 15.9 Å². The quantitative estimate of drug-likeness (QED) is 0.0450. The highest BCUT2D eigenvalue weighted by molar-refractivity contribution is 9.10. The van der Waals surface area contributed by atoms with Crippen molar-refractivity contribution in [1.82, 2.24) is 29.9 Å². The van der Waals surface area contributed by atoms with Crippen LogP contribution in [0.25, 0.3) is 41.2 Å². The number of methoxy groups -OCH3 is 11. The molecule has 0 saturated heterocycles. The number of ether oxygens (including phenoxy) is 11. The van der Waals surface area contributed by atoms with Crippen molar-refractivity contribution in [2.24, 2.45) is 25.0 Å². The van der Waals surface area contributed by atoms with E-state index in [1.165, 1.54) is 29.9 Å². The Balaban J connectivity index is 0.000000141. The second-order valence-electron chi connectivity index (χ2n) is 29.2. The Morgan fingerprint density at radius 3 is 1.00 bits per heavy atom. The first-order valence-corrected chi connectivity index (χ1v) is 40.2. The number of hydrogen-bond donors (Lipinski definition) is 5. The first-order chi connectivity index (χ1) is 59.3. The average molecular weight is 1720 g/mol. The molecule has 11 aromatic rings. The number of fused-ring (bicyclic) bond motifs is 1. The zero-order valence-corrected chi connectivity index (χ0v) is 74.6. The van der Waals surface area contributed by atoms with Crippen molar-refractivity contribution in [1.29, 1.82) is 0 Å². The maximum absolute atomic E-state index is 13.9. The maximum Gasteiger partial charge on any atom is 0.222 e. The Bertz CT molecular complexity index is 6300. The van der Waals surface area contributed by atoms with Gasteiger partial charge in [0.15, 0.2) is 23.1 Å². The Morgan fingerprint density at radius 2 is 0.650 bits per heavy atom. The van der Waals surface area contributed by atoms with Crippen molar-refractivity contribution < 1.29 is 56.5 Å². The molecule has 123 heavy (non-hydrogen) atoms. The molecular weight excluding hydrogens is 1620 g/mol. The van der Waals surface area contributed by atoms with E-state index in [-0.39, 0.29) is 5.75 Å². The lowest BCUT2D eigenvalue weighted by Crippen LogP contribution is -2.00. The van der Waals surface area contributed by atoms with Crippen LogP contribution in [-0.4, -0.2) is 137 Å². The molecule has 0 unspecified atom stereocenters. The van der Waals surface area contributed by atoms with Crippen LogP contribution in [-0.2, 0) is 23.7 Å². The summed E-state index contributed by atoms with van der Waals surface area (Å²) in [5, 5.41) is 2.29. The smallest absolute Gasteiger partial charge is 0.222 e. The van der Waals surface area contributed by atoms with E-state index < -0.39 is 5.82 Å². The summed E-state index contributed by atoms with van der Waals surface area (Å²) in [6.45, 7) is 20.5. The van der Waals surface area contributed by atoms with Gasteiger partial charge in [-0.1, -0.05) is 46.3 Å². The molecule has 22 nitrogen and oxygen atoms in total. The Hall–Kier alpha value is -14.1. The first-order valence-electron chi connectivity index (χ1n) is 39.4. The van der Waals surface area contributed by atoms with Gasteiger partial charge in [0, 0.05) is 120 Å². The summed E-state index contributed by atoms with van der Waals surface area (Å²) in [6.07, 6.45) is 21.2. The van der Waals surface area contributed by atoms with Gasteiger partial charge in [0.2, 0.25) is 11.6 Å². The van der Waals surface area contributed by atoms with Crippen molar-refractivity contribution in [3.63, 3.8) is 0 Å². The molecule has 5 aliphatic heterocycles. The molecule has 5 aromatic carbocycles. The number of hydrogen-bond acceptors (Lipinski definition) is 17. The second-order valence-corrected chi connectivity index (χ2v) is 30.1. The Morgan fingerprint density at radius 1 is 0.309 bits per heavy atom. The van der Waals surface area contributed by atoms with Crippen molar-refractivity contribution in [2.45, 2.75) is 69.2 Å². The summed E-state index contributed by atoms with van der Waals surface area (Å²) < 4.78 is 74.3. The van der Waals surface area contributed by atoms with Crippen LogP contribution < -0.4 is 28.4 Å². The third kappa shape index (κ3) is 21.0. The molecule has 0 atom stereocenters. The number of allylic oxidation sites excluding steroid dienone is 5. The van der Waals surface area contributed by atoms with Crippen molar-refractivity contribution >= 4 is 85.6 Å². The fraction of sp³-hybridized carbons (Fsp3) is 0.212. The number of nitrogens with one attached hydrogen (secondary N) is 5. The molecule has 0 radical (unpaired) electrons. The molecule has 0 amide bonds. The van der Waals surface area contributed by atoms with E-state index in [9.17, 15) is 4.39 Å². The van der Waals surface area contributed by atoms with Crippen LogP contribution in [0.2, 0.25) is 0 Å². The standard InChI is InChI=1S/C23H22N2O2.C21H24N2O4.C19H19FN2O2.C18H17BrN2O.C18H19N3O2/c1-14-9-15(2)24-20(14)12-22-23(27-4)13-21(25-22)18-6-5-17-11-19(26-3)8-7-16(17)10-18;1-12-7-13(2)22-15(12)10-17-18(24-3)11-16(23-17)14-8-19(25-4)21(27-6)20(9-14)26-5;1-11-7-12(2)21-15(11)9-17-19(24-4)10-16(22-17)13-5-6-18(23-3)14(20)8-13;1-11-8-12(2)20-15(11)9-17-18(22-3)10-16(21-17)13-4-6-14(19)7-5-13;1-11-8-12(2)20-14(11)9-16-17(22-3)10-15(21-16)13-6-5-7-19-18(13)23-4/h5-13,24H,1-4H3;7-11,22H,1-6H3;5-10,21H,1-4H3;4-10,20H,1-3H3;5-10,20H,1-4H3/b22-12-;17-10-;2*17-9-;16-9-. The van der Waals surface area contributed by atoms with Crippen LogP contribution in [0.3, 0.4) is 0 Å². The van der Waals surface area contributed by atoms with Gasteiger partial charge >= 0.3 is 0 Å². The van der Waals surface area contributed by atoms with E-state index >= 15 is 0 Å². The summed E-state index contributed by atoms with van der Waals surface area (Å²) in [4.78, 5) is 44.4. The second kappa shape index (κ2) is 39.8. The molecule has 6 aromatic heterocycles. The fourth-order valence-corrected chi connectivity index (χ4v) is 14.5. The molecule has 0 saturated carbocycles. The van der Waals surface area contributed by atoms with Gasteiger partial charge in [0.05, 0.1) is 112 Å². The summed E-state index contributed by atoms with van der Waals surface area (Å²) in [7, 11) is 17.7. The monoisotopic (exact) mass is 1720 g/mol. The number of nitrogens with zero attached hydrogens (tertiary/aromatic N) is 6.